The van der Waals surface area contributed by atoms with Crippen molar-refractivity contribution < 1.29 is 26.7 Å². The zero-order chi connectivity index (χ0) is 27.6. The molecule has 4 aromatic rings. The number of amides is 1. The summed E-state index contributed by atoms with van der Waals surface area (Å²) in [6.45, 7) is 2.61. The quantitative estimate of drug-likeness (QED) is 0.295. The van der Waals surface area contributed by atoms with Gasteiger partial charge in [-0.3, -0.25) is 14.7 Å². The lowest BCUT2D eigenvalue weighted by atomic mass is 9.96. The van der Waals surface area contributed by atoms with Crippen LogP contribution in [0.25, 0.3) is 10.2 Å². The standard InChI is InChI=1S/C27H26F2N4O4S2/c1-2-37-22-6-3-7-23-25(22)31-27(38-23)33(17-18-5-4-12-30-16-18)26(34)19-10-13-32(14-11-19)39(35,36)24-15-20(28)8-9-21(24)29/h3-9,12,15-16,19H,2,10-11,13-14,17H2,1H3. The van der Waals surface area contributed by atoms with Crippen molar-refractivity contribution in [3.8, 4) is 5.75 Å². The van der Waals surface area contributed by atoms with Gasteiger partial charge in [-0.2, -0.15) is 4.31 Å². The number of nitrogens with zero attached hydrogens (tertiary/aromatic N) is 4. The van der Waals surface area contributed by atoms with Crippen LogP contribution < -0.4 is 9.64 Å². The fourth-order valence-electron chi connectivity index (χ4n) is 4.59. The Balaban J connectivity index is 1.40. The number of piperidine rings is 1. The average Bonchev–Trinajstić information content (AvgIpc) is 3.38. The molecule has 8 nitrogen and oxygen atoms in total. The number of aromatic nitrogens is 2. The molecule has 0 unspecified atom stereocenters. The lowest BCUT2D eigenvalue weighted by Crippen LogP contribution is -2.44. The molecule has 204 valence electrons. The number of pyridine rings is 1. The summed E-state index contributed by atoms with van der Waals surface area (Å²) in [5, 5.41) is 0.503. The van der Waals surface area contributed by atoms with Crippen molar-refractivity contribution in [2.75, 3.05) is 24.6 Å². The van der Waals surface area contributed by atoms with Crippen LogP contribution >= 0.6 is 11.3 Å². The lowest BCUT2D eigenvalue weighted by molar-refractivity contribution is -0.123. The number of halogens is 2. The molecule has 0 bridgehead atoms. The van der Waals surface area contributed by atoms with E-state index in [2.05, 4.69) is 4.98 Å². The second kappa shape index (κ2) is 11.3. The number of ether oxygens (including phenoxy) is 1. The zero-order valence-corrected chi connectivity index (χ0v) is 22.7. The highest BCUT2D eigenvalue weighted by Crippen LogP contribution is 2.36. The summed E-state index contributed by atoms with van der Waals surface area (Å²) in [5.41, 5.74) is 1.48. The Hall–Kier alpha value is -3.48. The first kappa shape index (κ1) is 27.1. The van der Waals surface area contributed by atoms with Crippen molar-refractivity contribution in [1.29, 1.82) is 0 Å². The number of benzene rings is 2. The molecule has 1 saturated heterocycles. The number of para-hydroxylation sites is 1. The van der Waals surface area contributed by atoms with Crippen LogP contribution in [0.4, 0.5) is 13.9 Å². The van der Waals surface area contributed by atoms with Gasteiger partial charge in [-0.05, 0) is 61.7 Å². The molecule has 2 aromatic heterocycles. The first-order valence-corrected chi connectivity index (χ1v) is 14.7. The third-order valence-electron chi connectivity index (χ3n) is 6.55. The largest absolute Gasteiger partial charge is 0.492 e. The number of anilines is 1. The summed E-state index contributed by atoms with van der Waals surface area (Å²) in [4.78, 5) is 23.7. The molecule has 0 saturated carbocycles. The zero-order valence-electron chi connectivity index (χ0n) is 21.1. The molecule has 2 aromatic carbocycles. The highest BCUT2D eigenvalue weighted by molar-refractivity contribution is 7.89. The van der Waals surface area contributed by atoms with Crippen LogP contribution in [0.5, 0.6) is 5.75 Å². The molecule has 0 spiro atoms. The van der Waals surface area contributed by atoms with Gasteiger partial charge in [0.1, 0.15) is 27.8 Å². The molecule has 5 rings (SSSR count). The van der Waals surface area contributed by atoms with Crippen molar-refractivity contribution in [3.05, 3.63) is 78.1 Å². The molecule has 39 heavy (non-hydrogen) atoms. The number of carbonyl (C=O) groups excluding carboxylic acids is 1. The summed E-state index contributed by atoms with van der Waals surface area (Å²) in [7, 11) is -4.25. The molecule has 3 heterocycles. The number of fused-ring (bicyclic) bond motifs is 1. The average molecular weight is 573 g/mol. The Morgan fingerprint density at radius 3 is 2.67 bits per heavy atom. The minimum atomic E-state index is -4.25. The topological polar surface area (TPSA) is 92.7 Å². The van der Waals surface area contributed by atoms with E-state index in [0.29, 0.717) is 29.1 Å². The van der Waals surface area contributed by atoms with Gasteiger partial charge in [-0.1, -0.05) is 23.5 Å². The highest BCUT2D eigenvalue weighted by atomic mass is 32.2. The monoisotopic (exact) mass is 572 g/mol. The first-order valence-electron chi connectivity index (χ1n) is 12.5. The molecule has 1 fully saturated rings. The van der Waals surface area contributed by atoms with E-state index in [0.717, 1.165) is 26.7 Å². The highest BCUT2D eigenvalue weighted by Gasteiger charge is 2.36. The normalized spacial score (nSPS) is 14.9. The van der Waals surface area contributed by atoms with E-state index in [1.54, 1.807) is 23.4 Å². The SMILES string of the molecule is CCOc1cccc2sc(N(Cc3cccnc3)C(=O)C3CCN(S(=O)(=O)c4cc(F)ccc4F)CC3)nc12. The maximum atomic E-state index is 14.2. The van der Waals surface area contributed by atoms with E-state index in [4.69, 9.17) is 9.72 Å². The molecule has 12 heteroatoms. The van der Waals surface area contributed by atoms with Crippen molar-refractivity contribution in [1.82, 2.24) is 14.3 Å². The molecule has 1 aliphatic rings. The Labute approximate surface area is 228 Å². The molecule has 0 radical (unpaired) electrons. The molecule has 0 atom stereocenters. The van der Waals surface area contributed by atoms with E-state index in [-0.39, 0.29) is 38.4 Å². The van der Waals surface area contributed by atoms with Crippen LogP contribution in [0.1, 0.15) is 25.3 Å². The number of thiazole rings is 1. The van der Waals surface area contributed by atoms with Crippen LogP contribution in [-0.4, -0.2) is 48.3 Å². The van der Waals surface area contributed by atoms with Gasteiger partial charge < -0.3 is 4.74 Å². The predicted octanol–water partition coefficient (Wildman–Crippen LogP) is 5.00. The van der Waals surface area contributed by atoms with Crippen LogP contribution in [-0.2, 0) is 21.4 Å². The third-order valence-corrected chi connectivity index (χ3v) is 9.50. The first-order chi connectivity index (χ1) is 18.8. The van der Waals surface area contributed by atoms with Gasteiger partial charge in [-0.15, -0.1) is 0 Å². The minimum Gasteiger partial charge on any atom is -0.492 e. The van der Waals surface area contributed by atoms with E-state index in [1.165, 1.54) is 11.3 Å². The van der Waals surface area contributed by atoms with Crippen LogP contribution in [0.3, 0.4) is 0 Å². The molecular formula is C27H26F2N4O4S2. The summed E-state index contributed by atoms with van der Waals surface area (Å²) in [6, 6.07) is 11.6. The van der Waals surface area contributed by atoms with Gasteiger partial charge in [0.25, 0.3) is 0 Å². The maximum absolute atomic E-state index is 14.2. The predicted molar refractivity (Wildman–Crippen MR) is 144 cm³/mol. The lowest BCUT2D eigenvalue weighted by Gasteiger charge is -2.33. The van der Waals surface area contributed by atoms with Crippen LogP contribution in [0, 0.1) is 17.6 Å². The molecular weight excluding hydrogens is 546 g/mol. The molecule has 0 N–H and O–H groups in total. The van der Waals surface area contributed by atoms with Gasteiger partial charge in [0.2, 0.25) is 15.9 Å². The number of carbonyl (C=O) groups is 1. The fraction of sp³-hybridized carbons (Fsp3) is 0.296. The Kier molecular flexibility index (Phi) is 7.87. The van der Waals surface area contributed by atoms with Crippen molar-refractivity contribution in [3.63, 3.8) is 0 Å². The van der Waals surface area contributed by atoms with Gasteiger partial charge in [0.05, 0.1) is 17.9 Å². The van der Waals surface area contributed by atoms with Gasteiger partial charge in [0.15, 0.2) is 5.13 Å². The smallest absolute Gasteiger partial charge is 0.246 e. The van der Waals surface area contributed by atoms with Crippen molar-refractivity contribution in [2.45, 2.75) is 31.2 Å². The summed E-state index contributed by atoms with van der Waals surface area (Å²) in [6.07, 6.45) is 3.79. The summed E-state index contributed by atoms with van der Waals surface area (Å²) in [5.74, 6) is -1.89. The van der Waals surface area contributed by atoms with Crippen LogP contribution in [0.15, 0.2) is 65.8 Å². The summed E-state index contributed by atoms with van der Waals surface area (Å²) < 4.78 is 61.6. The van der Waals surface area contributed by atoms with E-state index >= 15 is 0 Å². The number of hydrogen-bond acceptors (Lipinski definition) is 7. The van der Waals surface area contributed by atoms with E-state index in [1.807, 2.05) is 31.2 Å². The van der Waals surface area contributed by atoms with Crippen molar-refractivity contribution in [2.24, 2.45) is 5.92 Å². The Bertz CT molecular complexity index is 1590. The molecule has 1 aliphatic heterocycles. The minimum absolute atomic E-state index is 0.00373. The second-order valence-corrected chi connectivity index (χ2v) is 12.0. The fourth-order valence-corrected chi connectivity index (χ4v) is 7.12. The van der Waals surface area contributed by atoms with E-state index in [9.17, 15) is 22.0 Å². The summed E-state index contributed by atoms with van der Waals surface area (Å²) >= 11 is 1.37. The Morgan fingerprint density at radius 1 is 1.15 bits per heavy atom. The van der Waals surface area contributed by atoms with Gasteiger partial charge in [-0.25, -0.2) is 22.2 Å². The molecule has 0 aliphatic carbocycles. The van der Waals surface area contributed by atoms with Gasteiger partial charge >= 0.3 is 0 Å². The second-order valence-electron chi connectivity index (χ2n) is 9.07. The number of sulfonamides is 1. The Morgan fingerprint density at radius 2 is 1.95 bits per heavy atom. The van der Waals surface area contributed by atoms with Gasteiger partial charge in [0, 0.05) is 31.4 Å². The third kappa shape index (κ3) is 5.63. The molecule has 1 amide bonds. The van der Waals surface area contributed by atoms with Crippen molar-refractivity contribution >= 4 is 42.6 Å². The van der Waals surface area contributed by atoms with Crippen LogP contribution in [0.2, 0.25) is 0 Å². The maximum Gasteiger partial charge on any atom is 0.246 e. The number of rotatable bonds is 8. The number of hydrogen-bond donors (Lipinski definition) is 0. The van der Waals surface area contributed by atoms with E-state index < -0.39 is 32.5 Å².